The zero-order valence-corrected chi connectivity index (χ0v) is 16.8. The minimum absolute atomic E-state index is 0.0714. The number of carbonyl (C=O) groups is 1. The van der Waals surface area contributed by atoms with Gasteiger partial charge in [-0.3, -0.25) is 14.9 Å². The van der Waals surface area contributed by atoms with Gasteiger partial charge < -0.3 is 15.0 Å². The molecule has 1 aliphatic rings. The SMILES string of the molecule is Cc1cccc(NC(=O)/C(C#N)=C\c2ccc(N3CCOCC3)c([N+](=O)[O-])c2)c1C. The van der Waals surface area contributed by atoms with Gasteiger partial charge in [0, 0.05) is 24.8 Å². The number of morpholine rings is 1. The molecule has 1 aliphatic heterocycles. The van der Waals surface area contributed by atoms with Crippen LogP contribution in [-0.2, 0) is 9.53 Å². The van der Waals surface area contributed by atoms with E-state index in [0.29, 0.717) is 43.2 Å². The second-order valence-electron chi connectivity index (χ2n) is 6.98. The molecule has 0 aromatic heterocycles. The Morgan fingerprint density at radius 3 is 2.67 bits per heavy atom. The summed E-state index contributed by atoms with van der Waals surface area (Å²) in [5.41, 5.74) is 3.25. The van der Waals surface area contributed by atoms with E-state index in [9.17, 15) is 20.2 Å². The van der Waals surface area contributed by atoms with Gasteiger partial charge in [0.25, 0.3) is 11.6 Å². The van der Waals surface area contributed by atoms with Gasteiger partial charge >= 0.3 is 0 Å². The molecular formula is C22H22N4O4. The number of amides is 1. The summed E-state index contributed by atoms with van der Waals surface area (Å²) in [4.78, 5) is 25.6. The largest absolute Gasteiger partial charge is 0.378 e. The highest BCUT2D eigenvalue weighted by Gasteiger charge is 2.22. The first-order valence-corrected chi connectivity index (χ1v) is 9.51. The van der Waals surface area contributed by atoms with Crippen molar-refractivity contribution in [2.24, 2.45) is 0 Å². The summed E-state index contributed by atoms with van der Waals surface area (Å²) in [5.74, 6) is -0.564. The molecule has 30 heavy (non-hydrogen) atoms. The van der Waals surface area contributed by atoms with Gasteiger partial charge in [-0.2, -0.15) is 5.26 Å². The number of carbonyl (C=O) groups excluding carboxylic acids is 1. The summed E-state index contributed by atoms with van der Waals surface area (Å²) in [6, 6.07) is 12.1. The maximum absolute atomic E-state index is 12.6. The van der Waals surface area contributed by atoms with Crippen molar-refractivity contribution >= 4 is 29.0 Å². The molecule has 0 saturated carbocycles. The third-order valence-electron chi connectivity index (χ3n) is 5.08. The second-order valence-corrected chi connectivity index (χ2v) is 6.98. The van der Waals surface area contributed by atoms with Crippen LogP contribution in [0.5, 0.6) is 0 Å². The molecule has 0 spiro atoms. The van der Waals surface area contributed by atoms with E-state index < -0.39 is 10.8 Å². The molecule has 1 amide bonds. The smallest absolute Gasteiger partial charge is 0.293 e. The third-order valence-corrected chi connectivity index (χ3v) is 5.08. The minimum Gasteiger partial charge on any atom is -0.378 e. The molecule has 0 aliphatic carbocycles. The van der Waals surface area contributed by atoms with Crippen LogP contribution in [0.1, 0.15) is 16.7 Å². The molecule has 1 fully saturated rings. The van der Waals surface area contributed by atoms with E-state index in [1.807, 2.05) is 36.9 Å². The lowest BCUT2D eigenvalue weighted by molar-refractivity contribution is -0.384. The number of hydrogen-bond donors (Lipinski definition) is 1. The maximum Gasteiger partial charge on any atom is 0.293 e. The van der Waals surface area contributed by atoms with E-state index in [2.05, 4.69) is 5.32 Å². The van der Waals surface area contributed by atoms with Crippen LogP contribution < -0.4 is 10.2 Å². The first-order chi connectivity index (χ1) is 14.4. The standard InChI is InChI=1S/C22H22N4O4/c1-15-4-3-5-19(16(15)2)24-22(27)18(14-23)12-17-6-7-20(21(13-17)26(28)29)25-8-10-30-11-9-25/h3-7,12-13H,8-11H2,1-2H3,(H,24,27)/b18-12-. The summed E-state index contributed by atoms with van der Waals surface area (Å²) in [6.45, 7) is 5.97. The van der Waals surface area contributed by atoms with Gasteiger partial charge in [-0.15, -0.1) is 0 Å². The number of hydrogen-bond acceptors (Lipinski definition) is 6. The Morgan fingerprint density at radius 2 is 2.00 bits per heavy atom. The first-order valence-electron chi connectivity index (χ1n) is 9.51. The number of ether oxygens (including phenoxy) is 1. The number of anilines is 2. The molecule has 1 saturated heterocycles. The number of nitrogens with one attached hydrogen (secondary N) is 1. The van der Waals surface area contributed by atoms with Crippen LogP contribution in [0, 0.1) is 35.3 Å². The Bertz CT molecular complexity index is 1050. The topological polar surface area (TPSA) is 108 Å². The minimum atomic E-state index is -0.564. The summed E-state index contributed by atoms with van der Waals surface area (Å²) in [7, 11) is 0. The monoisotopic (exact) mass is 406 g/mol. The lowest BCUT2D eigenvalue weighted by atomic mass is 10.1. The fraction of sp³-hybridized carbons (Fsp3) is 0.273. The molecule has 1 N–H and O–H groups in total. The van der Waals surface area contributed by atoms with Crippen LogP contribution in [0.25, 0.3) is 6.08 Å². The van der Waals surface area contributed by atoms with Crippen molar-refractivity contribution in [2.75, 3.05) is 36.5 Å². The number of nitro groups is 1. The summed E-state index contributed by atoms with van der Waals surface area (Å²) in [5, 5.41) is 23.8. The van der Waals surface area contributed by atoms with E-state index in [1.54, 1.807) is 18.2 Å². The van der Waals surface area contributed by atoms with Crippen LogP contribution in [0.3, 0.4) is 0 Å². The van der Waals surface area contributed by atoms with Crippen molar-refractivity contribution in [2.45, 2.75) is 13.8 Å². The van der Waals surface area contributed by atoms with Crippen LogP contribution in [-0.4, -0.2) is 37.1 Å². The van der Waals surface area contributed by atoms with Crippen LogP contribution >= 0.6 is 0 Å². The molecule has 0 unspecified atom stereocenters. The summed E-state index contributed by atoms with van der Waals surface area (Å²) < 4.78 is 5.30. The average molecular weight is 406 g/mol. The fourth-order valence-corrected chi connectivity index (χ4v) is 3.24. The van der Waals surface area contributed by atoms with E-state index in [4.69, 9.17) is 4.74 Å². The highest BCUT2D eigenvalue weighted by atomic mass is 16.6. The highest BCUT2D eigenvalue weighted by molar-refractivity contribution is 6.10. The molecule has 3 rings (SSSR count). The van der Waals surface area contributed by atoms with Gasteiger partial charge in [-0.1, -0.05) is 18.2 Å². The molecule has 154 valence electrons. The Labute approximate surface area is 174 Å². The van der Waals surface area contributed by atoms with Crippen molar-refractivity contribution in [1.82, 2.24) is 0 Å². The molecule has 0 atom stereocenters. The van der Waals surface area contributed by atoms with Crippen molar-refractivity contribution in [1.29, 1.82) is 5.26 Å². The van der Waals surface area contributed by atoms with Gasteiger partial charge in [-0.25, -0.2) is 0 Å². The Kier molecular flexibility index (Phi) is 6.45. The summed E-state index contributed by atoms with van der Waals surface area (Å²) >= 11 is 0. The number of nitriles is 1. The molecule has 2 aromatic rings. The van der Waals surface area contributed by atoms with Crippen molar-refractivity contribution in [3.05, 3.63) is 68.8 Å². The van der Waals surface area contributed by atoms with Gasteiger partial charge in [0.2, 0.25) is 0 Å². The van der Waals surface area contributed by atoms with Gasteiger partial charge in [0.05, 0.1) is 18.1 Å². The Balaban J connectivity index is 1.88. The van der Waals surface area contributed by atoms with E-state index in [1.165, 1.54) is 12.1 Å². The number of benzene rings is 2. The predicted molar refractivity (Wildman–Crippen MR) is 114 cm³/mol. The first kappa shape index (κ1) is 21.0. The number of nitrogens with zero attached hydrogens (tertiary/aromatic N) is 3. The second kappa shape index (κ2) is 9.20. The van der Waals surface area contributed by atoms with Crippen LogP contribution in [0.15, 0.2) is 42.0 Å². The van der Waals surface area contributed by atoms with E-state index in [-0.39, 0.29) is 11.3 Å². The Morgan fingerprint density at radius 1 is 1.27 bits per heavy atom. The fourth-order valence-electron chi connectivity index (χ4n) is 3.24. The zero-order chi connectivity index (χ0) is 21.7. The summed E-state index contributed by atoms with van der Waals surface area (Å²) in [6.07, 6.45) is 1.36. The van der Waals surface area contributed by atoms with Crippen molar-refractivity contribution < 1.29 is 14.5 Å². The molecule has 8 nitrogen and oxygen atoms in total. The quantitative estimate of drug-likeness (QED) is 0.352. The number of nitro benzene ring substituents is 1. The lowest BCUT2D eigenvalue weighted by Gasteiger charge is -2.28. The van der Waals surface area contributed by atoms with Crippen LogP contribution in [0.4, 0.5) is 17.1 Å². The third kappa shape index (κ3) is 4.64. The molecule has 1 heterocycles. The number of aryl methyl sites for hydroxylation is 1. The molecule has 0 bridgehead atoms. The molecule has 8 heteroatoms. The maximum atomic E-state index is 12.6. The molecule has 2 aromatic carbocycles. The van der Waals surface area contributed by atoms with Gasteiger partial charge in [-0.05, 0) is 48.7 Å². The van der Waals surface area contributed by atoms with Crippen molar-refractivity contribution in [3.8, 4) is 6.07 Å². The van der Waals surface area contributed by atoms with Crippen LogP contribution in [0.2, 0.25) is 0 Å². The molecule has 0 radical (unpaired) electrons. The lowest BCUT2D eigenvalue weighted by Crippen LogP contribution is -2.36. The normalized spacial score (nSPS) is 14.2. The zero-order valence-electron chi connectivity index (χ0n) is 16.8. The average Bonchev–Trinajstić information content (AvgIpc) is 2.75. The predicted octanol–water partition coefficient (Wildman–Crippen LogP) is 3.59. The van der Waals surface area contributed by atoms with E-state index >= 15 is 0 Å². The molecular weight excluding hydrogens is 384 g/mol. The number of rotatable bonds is 5. The van der Waals surface area contributed by atoms with E-state index in [0.717, 1.165) is 11.1 Å². The van der Waals surface area contributed by atoms with Gasteiger partial charge in [0.15, 0.2) is 0 Å². The Hall–Kier alpha value is -3.70. The van der Waals surface area contributed by atoms with Gasteiger partial charge in [0.1, 0.15) is 17.3 Å². The van der Waals surface area contributed by atoms with Crippen molar-refractivity contribution in [3.63, 3.8) is 0 Å². The highest BCUT2D eigenvalue weighted by Crippen LogP contribution is 2.30.